The first kappa shape index (κ1) is 33.2. The number of pyridine rings is 1. The molecular formula is C61H58N3OPt-. The fourth-order valence-electron chi connectivity index (χ4n) is 8.37. The molecule has 0 aliphatic carbocycles. The second-order valence-corrected chi connectivity index (χ2v) is 18.8. The average molecular weight is 1060 g/mol. The van der Waals surface area contributed by atoms with Gasteiger partial charge in [0.05, 0.1) is 22.3 Å². The molecule has 0 fully saturated rings. The minimum absolute atomic E-state index is 0. The molecule has 0 spiro atoms. The Kier molecular flexibility index (Phi) is 8.94. The number of rotatable bonds is 7. The van der Waals surface area contributed by atoms with Crippen molar-refractivity contribution >= 4 is 11.0 Å². The van der Waals surface area contributed by atoms with E-state index in [1.165, 1.54) is 24.3 Å². The Hall–Kier alpha value is -6.35. The SMILES string of the molecule is [2H]C([2H])([2H])c1cc(-c2ccc(C(C)(C)C)cc2)c(-n2c(-c3ccccc3O)nc3c(-c4[c-]c(-c5cc(-c6ccc(C(C([2H])([2H])[2H])(C([2H])([2H])[2H])C([2H])([2H])[2H])cc6)ccn5)cc(C(C)(C)C)c4)cccc32)cc1-c1ccccc1.[Pt]. The molecule has 2 heterocycles. The van der Waals surface area contributed by atoms with Crippen LogP contribution in [0.25, 0.3) is 83.9 Å². The minimum atomic E-state index is -3.39. The molecule has 0 amide bonds. The summed E-state index contributed by atoms with van der Waals surface area (Å²) in [5, 5.41) is 11.7. The maximum absolute atomic E-state index is 11.7. The number of imidazole rings is 1. The summed E-state index contributed by atoms with van der Waals surface area (Å²) in [6.45, 7) is 0.0671. The molecule has 0 radical (unpaired) electrons. The van der Waals surface area contributed by atoms with E-state index in [1.54, 1.807) is 36.5 Å². The Morgan fingerprint density at radius 3 is 1.82 bits per heavy atom. The second-order valence-electron chi connectivity index (χ2n) is 18.8. The quantitative estimate of drug-likeness (QED) is 0.162. The first-order valence-electron chi connectivity index (χ1n) is 27.7. The van der Waals surface area contributed by atoms with Crippen LogP contribution in [0.2, 0.25) is 0 Å². The molecule has 66 heavy (non-hydrogen) atoms. The van der Waals surface area contributed by atoms with E-state index in [1.807, 2.05) is 89.5 Å². The van der Waals surface area contributed by atoms with Crippen LogP contribution in [0.3, 0.4) is 0 Å². The molecule has 7 aromatic carbocycles. The molecule has 1 N–H and O–H groups in total. The molecule has 0 atom stereocenters. The van der Waals surface area contributed by atoms with Crippen LogP contribution in [-0.4, -0.2) is 19.6 Å². The van der Waals surface area contributed by atoms with Gasteiger partial charge >= 0.3 is 0 Å². The zero-order valence-corrected chi connectivity index (χ0v) is 40.0. The van der Waals surface area contributed by atoms with Gasteiger partial charge in [-0.25, -0.2) is 4.98 Å². The first-order valence-corrected chi connectivity index (χ1v) is 21.7. The number of aromatic nitrogens is 3. The van der Waals surface area contributed by atoms with Gasteiger partial charge in [-0.05, 0) is 104 Å². The van der Waals surface area contributed by atoms with Crippen molar-refractivity contribution < 1.29 is 42.6 Å². The van der Waals surface area contributed by atoms with E-state index in [0.29, 0.717) is 67.2 Å². The third-order valence-electron chi connectivity index (χ3n) is 12.1. The van der Waals surface area contributed by atoms with E-state index in [9.17, 15) is 5.11 Å². The van der Waals surface area contributed by atoms with Crippen LogP contribution < -0.4 is 0 Å². The van der Waals surface area contributed by atoms with E-state index in [-0.39, 0.29) is 48.8 Å². The first-order chi connectivity index (χ1) is 35.9. The van der Waals surface area contributed by atoms with E-state index < -0.39 is 32.8 Å². The number of hydrogen-bond donors (Lipinski definition) is 1. The fraction of sp³-hybridized carbons (Fsp3) is 0.213. The molecule has 5 heteroatoms. The molecule has 9 aromatic rings. The number of nitrogens with zero attached hydrogens (tertiary/aromatic N) is 3. The number of phenolic OH excluding ortho intramolecular Hbond substituents is 1. The zero-order chi connectivity index (χ0) is 55.8. The van der Waals surface area contributed by atoms with Crippen molar-refractivity contribution in [3.8, 4) is 78.6 Å². The number of aryl methyl sites for hydroxylation is 1. The van der Waals surface area contributed by atoms with Crippen LogP contribution in [0.4, 0.5) is 0 Å². The Bertz CT molecular complexity index is 3620. The molecule has 334 valence electrons. The third kappa shape index (κ3) is 9.09. The molecule has 9 rings (SSSR count). The normalized spacial score (nSPS) is 15.5. The number of aromatic hydroxyl groups is 1. The van der Waals surface area contributed by atoms with Crippen molar-refractivity contribution in [3.63, 3.8) is 0 Å². The van der Waals surface area contributed by atoms with Gasteiger partial charge in [-0.1, -0.05) is 182 Å². The summed E-state index contributed by atoms with van der Waals surface area (Å²) in [5.74, 6) is 0.416. The maximum atomic E-state index is 11.7. The molecule has 2 aromatic heterocycles. The van der Waals surface area contributed by atoms with Crippen LogP contribution in [0.15, 0.2) is 164 Å². The van der Waals surface area contributed by atoms with Crippen molar-refractivity contribution in [2.75, 3.05) is 0 Å². The van der Waals surface area contributed by atoms with Gasteiger partial charge in [-0.15, -0.1) is 29.3 Å². The van der Waals surface area contributed by atoms with Gasteiger partial charge in [0.1, 0.15) is 11.6 Å². The van der Waals surface area contributed by atoms with Gasteiger partial charge in [0, 0.05) is 55.0 Å². The minimum Gasteiger partial charge on any atom is -0.507 e. The monoisotopic (exact) mass is 1060 g/mol. The molecular weight excluding hydrogens is 986 g/mol. The number of fused-ring (bicyclic) bond motifs is 1. The molecule has 0 aliphatic rings. The number of benzene rings is 7. The molecule has 0 aliphatic heterocycles. The third-order valence-corrected chi connectivity index (χ3v) is 12.1. The van der Waals surface area contributed by atoms with Gasteiger partial charge in [0.15, 0.2) is 0 Å². The van der Waals surface area contributed by atoms with Crippen molar-refractivity contribution in [1.82, 2.24) is 14.5 Å². The van der Waals surface area contributed by atoms with Gasteiger partial charge < -0.3 is 5.11 Å². The summed E-state index contributed by atoms with van der Waals surface area (Å²) in [6, 6.07) is 51.1. The molecule has 0 saturated heterocycles. The zero-order valence-electron chi connectivity index (χ0n) is 49.7. The summed E-state index contributed by atoms with van der Waals surface area (Å²) < 4.78 is 102. The summed E-state index contributed by atoms with van der Waals surface area (Å²) in [4.78, 5) is 10.2. The largest absolute Gasteiger partial charge is 0.507 e. The van der Waals surface area contributed by atoms with Crippen molar-refractivity contribution in [1.29, 1.82) is 0 Å². The van der Waals surface area contributed by atoms with E-state index in [0.717, 1.165) is 27.8 Å². The van der Waals surface area contributed by atoms with E-state index in [4.69, 9.17) is 26.4 Å². The van der Waals surface area contributed by atoms with Crippen LogP contribution in [0.5, 0.6) is 5.75 Å². The summed E-state index contributed by atoms with van der Waals surface area (Å²) >= 11 is 0. The number of hydrogen-bond acceptors (Lipinski definition) is 3. The fourth-order valence-corrected chi connectivity index (χ4v) is 8.37. The predicted octanol–water partition coefficient (Wildman–Crippen LogP) is 16.1. The number of phenols is 1. The van der Waals surface area contributed by atoms with Crippen molar-refractivity contribution in [3.05, 3.63) is 192 Å². The Morgan fingerprint density at radius 1 is 0.530 bits per heavy atom. The average Bonchev–Trinajstić information content (AvgIpc) is 3.86. The summed E-state index contributed by atoms with van der Waals surface area (Å²) in [7, 11) is 0. The molecule has 4 nitrogen and oxygen atoms in total. The second kappa shape index (κ2) is 17.8. The topological polar surface area (TPSA) is 50.9 Å². The van der Waals surface area contributed by atoms with Crippen LogP contribution in [-0.2, 0) is 37.3 Å². The van der Waals surface area contributed by atoms with Gasteiger partial charge in [-0.2, -0.15) is 0 Å². The van der Waals surface area contributed by atoms with Gasteiger partial charge in [-0.3, -0.25) is 9.55 Å². The Balaban J connectivity index is 0.00000803. The van der Waals surface area contributed by atoms with Gasteiger partial charge in [0.25, 0.3) is 0 Å². The Morgan fingerprint density at radius 2 is 1.15 bits per heavy atom. The summed E-state index contributed by atoms with van der Waals surface area (Å²) in [6.07, 6.45) is 1.63. The van der Waals surface area contributed by atoms with Crippen molar-refractivity contribution in [2.24, 2.45) is 0 Å². The van der Waals surface area contributed by atoms with E-state index in [2.05, 4.69) is 65.8 Å². The number of para-hydroxylation sites is 2. The maximum Gasteiger partial charge on any atom is 0.148 e. The van der Waals surface area contributed by atoms with E-state index >= 15 is 0 Å². The van der Waals surface area contributed by atoms with Crippen molar-refractivity contribution in [2.45, 2.75) is 85.2 Å². The Labute approximate surface area is 422 Å². The van der Waals surface area contributed by atoms with Crippen LogP contribution in [0, 0.1) is 12.9 Å². The van der Waals surface area contributed by atoms with Crippen LogP contribution >= 0.6 is 0 Å². The van der Waals surface area contributed by atoms with Gasteiger partial charge in [0.2, 0.25) is 0 Å². The standard InChI is InChI=1S/C61H58N3O.Pt/c1-39-33-52(42-25-29-47(30-26-42)60(5,6)7)55(38-51(39)41-17-12-11-13-18-41)64-54-21-16-20-49(57(54)63-58(64)50-19-14-15-22-56(50)65)44-34-45(36-48(35-44)61(8,9)10)53-37-43(31-32-62-53)40-23-27-46(28-24-40)59(2,3)4;/h11-33,35-38,65H,1-10H3;/q-1;/i1D3,2D3,3D3,4D3;. The molecule has 0 saturated carbocycles. The summed E-state index contributed by atoms with van der Waals surface area (Å²) in [5.41, 5.74) is 7.09. The molecule has 0 unspecified atom stereocenters. The molecule has 0 bridgehead atoms. The smallest absolute Gasteiger partial charge is 0.148 e. The predicted molar refractivity (Wildman–Crippen MR) is 273 cm³/mol. The van der Waals surface area contributed by atoms with Crippen LogP contribution in [0.1, 0.15) is 101 Å².